The first kappa shape index (κ1) is 16.2. The van der Waals surface area contributed by atoms with Crippen LogP contribution in [0.15, 0.2) is 41.4 Å². The second kappa shape index (κ2) is 6.43. The van der Waals surface area contributed by atoms with Crippen LogP contribution >= 0.6 is 0 Å². The van der Waals surface area contributed by atoms with Crippen LogP contribution in [0, 0.1) is 12.8 Å². The van der Waals surface area contributed by atoms with Crippen LogP contribution in [-0.4, -0.2) is 42.8 Å². The van der Waals surface area contributed by atoms with Crippen molar-refractivity contribution >= 4 is 10.0 Å². The fourth-order valence-electron chi connectivity index (χ4n) is 2.88. The number of aromatic nitrogens is 2. The zero-order valence-corrected chi connectivity index (χ0v) is 14.2. The molecule has 1 atom stereocenters. The first-order chi connectivity index (χ1) is 11.0. The van der Waals surface area contributed by atoms with Gasteiger partial charge in [0.15, 0.2) is 0 Å². The van der Waals surface area contributed by atoms with Crippen molar-refractivity contribution < 1.29 is 13.2 Å². The normalized spacial score (nSPS) is 19.3. The average Bonchev–Trinajstić information content (AvgIpc) is 2.86. The van der Waals surface area contributed by atoms with E-state index in [0.717, 1.165) is 11.3 Å². The summed E-state index contributed by atoms with van der Waals surface area (Å²) in [5.41, 5.74) is 1.94. The number of ether oxygens (including phenoxy) is 1. The van der Waals surface area contributed by atoms with Crippen LogP contribution < -0.4 is 0 Å². The molecule has 0 saturated carbocycles. The van der Waals surface area contributed by atoms with Crippen molar-refractivity contribution in [2.45, 2.75) is 24.9 Å². The van der Waals surface area contributed by atoms with E-state index in [4.69, 9.17) is 4.74 Å². The molecule has 2 heterocycles. The van der Waals surface area contributed by atoms with Crippen LogP contribution in [0.2, 0.25) is 0 Å². The molecule has 0 N–H and O–H groups in total. The summed E-state index contributed by atoms with van der Waals surface area (Å²) in [6.45, 7) is 3.86. The third kappa shape index (κ3) is 3.31. The molecule has 1 unspecified atom stereocenters. The lowest BCUT2D eigenvalue weighted by molar-refractivity contribution is 0.133. The molecular weight excluding hydrogens is 314 g/mol. The van der Waals surface area contributed by atoms with Crippen LogP contribution in [0.1, 0.15) is 11.3 Å². The highest BCUT2D eigenvalue weighted by Gasteiger charge is 2.31. The molecular formula is C16H21N3O3S. The lowest BCUT2D eigenvalue weighted by Gasteiger charge is -2.23. The molecule has 7 heteroatoms. The second-order valence-corrected chi connectivity index (χ2v) is 7.87. The van der Waals surface area contributed by atoms with E-state index in [-0.39, 0.29) is 5.92 Å². The molecule has 0 fully saturated rings. The van der Waals surface area contributed by atoms with Gasteiger partial charge >= 0.3 is 0 Å². The highest BCUT2D eigenvalue weighted by atomic mass is 32.2. The van der Waals surface area contributed by atoms with E-state index in [1.807, 2.05) is 29.8 Å². The Morgan fingerprint density at radius 1 is 1.22 bits per heavy atom. The van der Waals surface area contributed by atoms with E-state index in [0.29, 0.717) is 31.1 Å². The Kier molecular flexibility index (Phi) is 4.52. The van der Waals surface area contributed by atoms with E-state index >= 15 is 0 Å². The summed E-state index contributed by atoms with van der Waals surface area (Å²) in [7, 11) is -1.90. The Hall–Kier alpha value is -1.70. The zero-order valence-electron chi connectivity index (χ0n) is 13.3. The van der Waals surface area contributed by atoms with Gasteiger partial charge in [-0.3, -0.25) is 4.68 Å². The first-order valence-electron chi connectivity index (χ1n) is 7.57. The molecule has 3 rings (SSSR count). The van der Waals surface area contributed by atoms with Crippen LogP contribution in [0.25, 0.3) is 0 Å². The lowest BCUT2D eigenvalue weighted by Crippen LogP contribution is -2.35. The molecule has 0 radical (unpaired) electrons. The quantitative estimate of drug-likeness (QED) is 0.852. The number of hydrogen-bond donors (Lipinski definition) is 0. The minimum Gasteiger partial charge on any atom is -0.384 e. The van der Waals surface area contributed by atoms with E-state index in [2.05, 4.69) is 5.10 Å². The van der Waals surface area contributed by atoms with Crippen LogP contribution in [-0.2, 0) is 27.8 Å². The molecule has 1 aromatic heterocycles. The standard InChI is InChI=1S/C16H21N3O3S/c1-13-3-5-16(6-4-13)23(20,21)18-9-14(12-22-2)10-19-15(11-18)7-8-17-19/h3-8,14H,9-12H2,1-2H3. The summed E-state index contributed by atoms with van der Waals surface area (Å²) in [5, 5.41) is 4.29. The number of sulfonamides is 1. The molecule has 0 amide bonds. The fraction of sp³-hybridized carbons (Fsp3) is 0.438. The smallest absolute Gasteiger partial charge is 0.243 e. The monoisotopic (exact) mass is 335 g/mol. The van der Waals surface area contributed by atoms with Crippen molar-refractivity contribution in [1.29, 1.82) is 0 Å². The van der Waals surface area contributed by atoms with Crippen LogP contribution in [0.3, 0.4) is 0 Å². The first-order valence-corrected chi connectivity index (χ1v) is 9.01. The number of aryl methyl sites for hydroxylation is 1. The lowest BCUT2D eigenvalue weighted by atomic mass is 10.1. The van der Waals surface area contributed by atoms with Gasteiger partial charge in [-0.05, 0) is 25.1 Å². The van der Waals surface area contributed by atoms with Gasteiger partial charge in [0, 0.05) is 32.3 Å². The SMILES string of the molecule is COCC1CN(S(=O)(=O)c2ccc(C)cc2)Cc2ccnn2C1. The largest absolute Gasteiger partial charge is 0.384 e. The van der Waals surface area contributed by atoms with Gasteiger partial charge in [-0.25, -0.2) is 8.42 Å². The third-order valence-electron chi connectivity index (χ3n) is 4.10. The van der Waals surface area contributed by atoms with Crippen LogP contribution in [0.5, 0.6) is 0 Å². The summed E-state index contributed by atoms with van der Waals surface area (Å²) < 4.78 is 34.6. The maximum atomic E-state index is 13.0. The molecule has 1 aliphatic heterocycles. The topological polar surface area (TPSA) is 64.4 Å². The number of nitrogens with zero attached hydrogens (tertiary/aromatic N) is 3. The summed E-state index contributed by atoms with van der Waals surface area (Å²) in [6.07, 6.45) is 1.71. The van der Waals surface area contributed by atoms with Crippen molar-refractivity contribution in [1.82, 2.24) is 14.1 Å². The Labute approximate surface area is 136 Å². The predicted molar refractivity (Wildman–Crippen MR) is 86.4 cm³/mol. The average molecular weight is 335 g/mol. The van der Waals surface area contributed by atoms with E-state index < -0.39 is 10.0 Å². The minimum absolute atomic E-state index is 0.0707. The van der Waals surface area contributed by atoms with Crippen LogP contribution in [0.4, 0.5) is 0 Å². The third-order valence-corrected chi connectivity index (χ3v) is 5.92. The van der Waals surface area contributed by atoms with Crippen molar-refractivity contribution in [2.75, 3.05) is 20.3 Å². The van der Waals surface area contributed by atoms with Gasteiger partial charge in [-0.2, -0.15) is 9.40 Å². The Balaban J connectivity index is 1.95. The predicted octanol–water partition coefficient (Wildman–Crippen LogP) is 1.66. The summed E-state index contributed by atoms with van der Waals surface area (Å²) >= 11 is 0. The van der Waals surface area contributed by atoms with Gasteiger partial charge in [0.25, 0.3) is 0 Å². The Morgan fingerprint density at radius 3 is 2.65 bits per heavy atom. The maximum absolute atomic E-state index is 13.0. The number of fused-ring (bicyclic) bond motifs is 1. The summed E-state index contributed by atoms with van der Waals surface area (Å²) in [6, 6.07) is 8.84. The van der Waals surface area contributed by atoms with Gasteiger partial charge < -0.3 is 4.74 Å². The van der Waals surface area contributed by atoms with Crippen molar-refractivity contribution in [3.8, 4) is 0 Å². The van der Waals surface area contributed by atoms with Crippen molar-refractivity contribution in [2.24, 2.45) is 5.92 Å². The molecule has 1 aliphatic rings. The van der Waals surface area contributed by atoms with E-state index in [1.54, 1.807) is 25.4 Å². The van der Waals surface area contributed by atoms with Crippen molar-refractivity contribution in [3.05, 3.63) is 47.8 Å². The molecule has 2 aromatic rings. The number of benzene rings is 1. The molecule has 0 bridgehead atoms. The molecule has 124 valence electrons. The van der Waals surface area contributed by atoms with E-state index in [9.17, 15) is 8.42 Å². The van der Waals surface area contributed by atoms with Gasteiger partial charge in [0.1, 0.15) is 0 Å². The highest BCUT2D eigenvalue weighted by Crippen LogP contribution is 2.23. The van der Waals surface area contributed by atoms with Gasteiger partial charge in [-0.15, -0.1) is 0 Å². The molecule has 0 spiro atoms. The number of methoxy groups -OCH3 is 1. The van der Waals surface area contributed by atoms with Crippen molar-refractivity contribution in [3.63, 3.8) is 0 Å². The number of hydrogen-bond acceptors (Lipinski definition) is 4. The van der Waals surface area contributed by atoms with Gasteiger partial charge in [0.05, 0.1) is 23.7 Å². The Bertz CT molecular complexity index is 768. The zero-order chi connectivity index (χ0) is 16.4. The molecule has 0 aliphatic carbocycles. The molecule has 23 heavy (non-hydrogen) atoms. The molecule has 6 nitrogen and oxygen atoms in total. The molecule has 1 aromatic carbocycles. The minimum atomic E-state index is -3.54. The maximum Gasteiger partial charge on any atom is 0.243 e. The summed E-state index contributed by atoms with van der Waals surface area (Å²) in [4.78, 5) is 0.326. The second-order valence-electron chi connectivity index (χ2n) is 5.94. The molecule has 0 saturated heterocycles. The van der Waals surface area contributed by atoms with E-state index in [1.165, 1.54) is 4.31 Å². The summed E-state index contributed by atoms with van der Waals surface area (Å²) in [5.74, 6) is 0.0707. The van der Waals surface area contributed by atoms with Gasteiger partial charge in [-0.1, -0.05) is 17.7 Å². The van der Waals surface area contributed by atoms with Gasteiger partial charge in [0.2, 0.25) is 10.0 Å². The fourth-order valence-corrected chi connectivity index (χ4v) is 4.37. The highest BCUT2D eigenvalue weighted by molar-refractivity contribution is 7.89. The number of rotatable bonds is 4. The Morgan fingerprint density at radius 2 is 1.96 bits per heavy atom.